The molecule has 0 saturated heterocycles. The van der Waals surface area contributed by atoms with Gasteiger partial charge < -0.3 is 10.6 Å². The maximum atomic E-state index is 11.3. The molecule has 0 saturated carbocycles. The van der Waals surface area contributed by atoms with Gasteiger partial charge in [0, 0.05) is 25.5 Å². The summed E-state index contributed by atoms with van der Waals surface area (Å²) in [5, 5.41) is 5.09. The molecule has 0 aliphatic heterocycles. The number of nitrogen functional groups attached to an aromatic ring is 1. The highest BCUT2D eigenvalue weighted by atomic mass is 32.2. The molecule has 0 heterocycles. The molecular weight excluding hydrogens is 214 g/mol. The first-order chi connectivity index (χ1) is 6.73. The normalized spacial score (nSPS) is 11.5. The molecule has 5 nitrogen and oxygen atoms in total. The van der Waals surface area contributed by atoms with Gasteiger partial charge >= 0.3 is 0 Å². The fourth-order valence-corrected chi connectivity index (χ4v) is 2.29. The van der Waals surface area contributed by atoms with Gasteiger partial charge in [0.25, 0.3) is 0 Å². The Morgan fingerprint density at radius 3 is 2.20 bits per heavy atom. The number of nitrogens with zero attached hydrogens (tertiary/aromatic N) is 1. The topological polar surface area (TPSA) is 89.4 Å². The lowest BCUT2D eigenvalue weighted by Gasteiger charge is -2.18. The molecule has 4 N–H and O–H groups in total. The highest BCUT2D eigenvalue weighted by Gasteiger charge is 2.16. The zero-order chi connectivity index (χ0) is 11.8. The van der Waals surface area contributed by atoms with E-state index in [0.29, 0.717) is 11.3 Å². The predicted octanol–water partition coefficient (Wildman–Crippen LogP) is 0.291. The Bertz CT molecular complexity index is 480. The Kier molecular flexibility index (Phi) is 2.92. The second kappa shape index (κ2) is 3.71. The minimum absolute atomic E-state index is 0.0752. The lowest BCUT2D eigenvalue weighted by molar-refractivity contribution is 0.597. The summed E-state index contributed by atoms with van der Waals surface area (Å²) in [7, 11) is -0.0903. The van der Waals surface area contributed by atoms with E-state index in [4.69, 9.17) is 10.9 Å². The summed E-state index contributed by atoms with van der Waals surface area (Å²) in [6.45, 7) is 1.70. The molecule has 0 aromatic heterocycles. The van der Waals surface area contributed by atoms with Gasteiger partial charge in [-0.15, -0.1) is 0 Å². The van der Waals surface area contributed by atoms with Crippen LogP contribution in [0.4, 0.5) is 11.4 Å². The number of primary sulfonamides is 1. The van der Waals surface area contributed by atoms with Crippen molar-refractivity contribution in [2.45, 2.75) is 11.8 Å². The van der Waals surface area contributed by atoms with Crippen LogP contribution in [-0.2, 0) is 10.0 Å². The molecule has 0 amide bonds. The number of anilines is 2. The third-order valence-electron chi connectivity index (χ3n) is 2.14. The van der Waals surface area contributed by atoms with Crippen molar-refractivity contribution >= 4 is 21.4 Å². The van der Waals surface area contributed by atoms with E-state index in [1.165, 1.54) is 6.07 Å². The monoisotopic (exact) mass is 229 g/mol. The molecule has 84 valence electrons. The van der Waals surface area contributed by atoms with Gasteiger partial charge in [-0.25, -0.2) is 13.6 Å². The summed E-state index contributed by atoms with van der Waals surface area (Å²) >= 11 is 0. The van der Waals surface area contributed by atoms with Gasteiger partial charge in [0.15, 0.2) is 0 Å². The van der Waals surface area contributed by atoms with Crippen molar-refractivity contribution in [3.63, 3.8) is 0 Å². The summed E-state index contributed by atoms with van der Waals surface area (Å²) in [6, 6.07) is 3.08. The second-order valence-electron chi connectivity index (χ2n) is 3.60. The lowest BCUT2D eigenvalue weighted by atomic mass is 10.1. The van der Waals surface area contributed by atoms with Crippen LogP contribution in [0.15, 0.2) is 17.0 Å². The molecule has 0 aliphatic carbocycles. The van der Waals surface area contributed by atoms with E-state index in [0.717, 1.165) is 5.69 Å². The zero-order valence-electron chi connectivity index (χ0n) is 8.98. The van der Waals surface area contributed by atoms with Gasteiger partial charge in [0.05, 0.1) is 4.90 Å². The largest absolute Gasteiger partial charge is 0.399 e. The van der Waals surface area contributed by atoms with Crippen molar-refractivity contribution in [3.05, 3.63) is 17.7 Å². The van der Waals surface area contributed by atoms with E-state index in [1.807, 2.05) is 14.1 Å². The highest BCUT2D eigenvalue weighted by Crippen LogP contribution is 2.27. The lowest BCUT2D eigenvalue weighted by Crippen LogP contribution is -2.17. The first-order valence-corrected chi connectivity index (χ1v) is 5.88. The second-order valence-corrected chi connectivity index (χ2v) is 5.13. The fraction of sp³-hybridized carbons (Fsp3) is 0.333. The summed E-state index contributed by atoms with van der Waals surface area (Å²) in [5.41, 5.74) is 7.36. The predicted molar refractivity (Wildman–Crippen MR) is 61.3 cm³/mol. The van der Waals surface area contributed by atoms with Crippen LogP contribution >= 0.6 is 0 Å². The molecule has 0 aliphatic rings. The van der Waals surface area contributed by atoms with Crippen LogP contribution in [0.3, 0.4) is 0 Å². The van der Waals surface area contributed by atoms with Crippen molar-refractivity contribution in [3.8, 4) is 0 Å². The molecule has 0 fully saturated rings. The molecule has 0 radical (unpaired) electrons. The van der Waals surface area contributed by atoms with E-state index in [9.17, 15) is 8.42 Å². The summed E-state index contributed by atoms with van der Waals surface area (Å²) < 4.78 is 22.6. The molecule has 0 unspecified atom stereocenters. The summed E-state index contributed by atoms with van der Waals surface area (Å²) in [5.74, 6) is 0. The van der Waals surface area contributed by atoms with E-state index in [1.54, 1.807) is 17.9 Å². The number of hydrogen-bond donors (Lipinski definition) is 2. The Labute approximate surface area is 89.7 Å². The quantitative estimate of drug-likeness (QED) is 0.713. The van der Waals surface area contributed by atoms with Gasteiger partial charge in [0.1, 0.15) is 0 Å². The molecule has 1 aromatic rings. The SMILES string of the molecule is Cc1c(N(C)C)cc(N)cc1S(N)(=O)=O. The standard InChI is InChI=1S/C9H15N3O2S/c1-6-8(12(2)3)4-7(10)5-9(6)15(11,13)14/h4-5H,10H2,1-3H3,(H2,11,13,14). The van der Waals surface area contributed by atoms with Crippen molar-refractivity contribution in [1.82, 2.24) is 0 Å². The van der Waals surface area contributed by atoms with Crippen molar-refractivity contribution < 1.29 is 8.42 Å². The molecular formula is C9H15N3O2S. The van der Waals surface area contributed by atoms with Crippen molar-refractivity contribution in [1.29, 1.82) is 0 Å². The maximum absolute atomic E-state index is 11.3. The molecule has 1 rings (SSSR count). The first kappa shape index (κ1) is 11.8. The van der Waals surface area contributed by atoms with Crippen LogP contribution in [0, 0.1) is 6.92 Å². The van der Waals surface area contributed by atoms with Crippen LogP contribution in [0.5, 0.6) is 0 Å². The molecule has 0 atom stereocenters. The molecule has 1 aromatic carbocycles. The number of rotatable bonds is 2. The average molecular weight is 229 g/mol. The zero-order valence-corrected chi connectivity index (χ0v) is 9.80. The van der Waals surface area contributed by atoms with Gasteiger partial charge in [-0.05, 0) is 24.6 Å². The Hall–Kier alpha value is -1.27. The summed E-state index contributed by atoms with van der Waals surface area (Å²) in [6.07, 6.45) is 0. The number of nitrogens with two attached hydrogens (primary N) is 2. The Morgan fingerprint density at radius 2 is 1.80 bits per heavy atom. The third-order valence-corrected chi connectivity index (χ3v) is 3.18. The Balaban J connectivity index is 3.56. The summed E-state index contributed by atoms with van der Waals surface area (Å²) in [4.78, 5) is 1.87. The van der Waals surface area contributed by atoms with Crippen molar-refractivity contribution in [2.24, 2.45) is 5.14 Å². The van der Waals surface area contributed by atoms with E-state index >= 15 is 0 Å². The fourth-order valence-electron chi connectivity index (χ4n) is 1.45. The van der Waals surface area contributed by atoms with Gasteiger partial charge in [0.2, 0.25) is 10.0 Å². The van der Waals surface area contributed by atoms with E-state index < -0.39 is 10.0 Å². The minimum atomic E-state index is -3.72. The molecule has 15 heavy (non-hydrogen) atoms. The maximum Gasteiger partial charge on any atom is 0.238 e. The molecule has 6 heteroatoms. The van der Waals surface area contributed by atoms with E-state index in [2.05, 4.69) is 0 Å². The molecule has 0 spiro atoms. The minimum Gasteiger partial charge on any atom is -0.399 e. The van der Waals surface area contributed by atoms with Crippen LogP contribution in [-0.4, -0.2) is 22.5 Å². The van der Waals surface area contributed by atoms with Crippen molar-refractivity contribution in [2.75, 3.05) is 24.7 Å². The Morgan fingerprint density at radius 1 is 1.27 bits per heavy atom. The van der Waals surface area contributed by atoms with Gasteiger partial charge in [-0.2, -0.15) is 0 Å². The average Bonchev–Trinajstić information content (AvgIpc) is 2.06. The van der Waals surface area contributed by atoms with Crippen LogP contribution in [0.25, 0.3) is 0 Å². The third kappa shape index (κ3) is 2.40. The number of benzene rings is 1. The number of hydrogen-bond acceptors (Lipinski definition) is 4. The highest BCUT2D eigenvalue weighted by molar-refractivity contribution is 7.89. The van der Waals surface area contributed by atoms with Crippen LogP contribution in [0.1, 0.15) is 5.56 Å². The molecule has 0 bridgehead atoms. The smallest absolute Gasteiger partial charge is 0.238 e. The van der Waals surface area contributed by atoms with Gasteiger partial charge in [-0.3, -0.25) is 0 Å². The number of sulfonamides is 1. The van der Waals surface area contributed by atoms with E-state index in [-0.39, 0.29) is 4.90 Å². The van der Waals surface area contributed by atoms with Crippen LogP contribution in [0.2, 0.25) is 0 Å². The van der Waals surface area contributed by atoms with Gasteiger partial charge in [-0.1, -0.05) is 0 Å². The first-order valence-electron chi connectivity index (χ1n) is 4.33. The van der Waals surface area contributed by atoms with Crippen LogP contribution < -0.4 is 15.8 Å².